The Hall–Kier alpha value is -2.35. The zero-order valence-electron chi connectivity index (χ0n) is 15.9. The van der Waals surface area contributed by atoms with Crippen LogP contribution in [0.2, 0.25) is 10.0 Å². The van der Waals surface area contributed by atoms with Crippen LogP contribution in [0.3, 0.4) is 0 Å². The predicted molar refractivity (Wildman–Crippen MR) is 115 cm³/mol. The van der Waals surface area contributed by atoms with Gasteiger partial charge in [-0.1, -0.05) is 53.5 Å². The van der Waals surface area contributed by atoms with E-state index in [0.29, 0.717) is 11.3 Å². The second-order valence-corrected chi connectivity index (χ2v) is 8.29. The highest BCUT2D eigenvalue weighted by Gasteiger charge is 2.43. The van der Waals surface area contributed by atoms with Crippen molar-refractivity contribution in [3.05, 3.63) is 69.2 Å². The van der Waals surface area contributed by atoms with Gasteiger partial charge in [-0.3, -0.25) is 19.3 Å². The number of carbonyl (C=O) groups excluding carboxylic acids is 4. The van der Waals surface area contributed by atoms with Gasteiger partial charge in [-0.15, -0.1) is 0 Å². The van der Waals surface area contributed by atoms with Crippen LogP contribution in [-0.2, 0) is 9.53 Å². The van der Waals surface area contributed by atoms with Crippen molar-refractivity contribution in [1.29, 1.82) is 0 Å². The minimum absolute atomic E-state index is 0.0803. The third-order valence-corrected chi connectivity index (χ3v) is 5.95. The molecule has 0 radical (unpaired) electrons. The number of thioether (sulfide) groups is 1. The maximum Gasteiger partial charge on any atom is 0.329 e. The van der Waals surface area contributed by atoms with Crippen LogP contribution in [0.1, 0.15) is 37.5 Å². The highest BCUT2D eigenvalue weighted by molar-refractivity contribution is 7.98. The molecule has 1 aliphatic rings. The van der Waals surface area contributed by atoms with Crippen LogP contribution in [0.15, 0.2) is 42.5 Å². The standard InChI is InChI=1S/C21H17Cl2NO5S/c1-30-8-7-17(21(28)29-11-18(25)12-5-3-2-4-6-12)24-19(26)13-9-15(22)16(23)10-14(13)20(24)27/h2-6,9-10,17H,7-8,11H2,1H3. The van der Waals surface area contributed by atoms with Crippen molar-refractivity contribution in [3.63, 3.8) is 0 Å². The fourth-order valence-corrected chi connectivity index (χ4v) is 3.84. The van der Waals surface area contributed by atoms with E-state index in [0.717, 1.165) is 4.90 Å². The number of fused-ring (bicyclic) bond motifs is 1. The summed E-state index contributed by atoms with van der Waals surface area (Å²) >= 11 is 13.4. The molecule has 0 saturated heterocycles. The van der Waals surface area contributed by atoms with Crippen LogP contribution in [0, 0.1) is 0 Å². The topological polar surface area (TPSA) is 80.8 Å². The molecule has 1 heterocycles. The largest absolute Gasteiger partial charge is 0.456 e. The average Bonchev–Trinajstić information content (AvgIpc) is 2.97. The van der Waals surface area contributed by atoms with Crippen molar-refractivity contribution in [2.45, 2.75) is 12.5 Å². The molecule has 0 spiro atoms. The summed E-state index contributed by atoms with van der Waals surface area (Å²) in [6.45, 7) is -0.487. The molecule has 1 atom stereocenters. The van der Waals surface area contributed by atoms with Gasteiger partial charge in [0, 0.05) is 5.56 Å². The Labute approximate surface area is 187 Å². The van der Waals surface area contributed by atoms with Gasteiger partial charge in [0.1, 0.15) is 6.04 Å². The number of amides is 2. The smallest absolute Gasteiger partial charge is 0.329 e. The van der Waals surface area contributed by atoms with E-state index in [1.54, 1.807) is 30.3 Å². The molecule has 156 valence electrons. The zero-order chi connectivity index (χ0) is 21.8. The van der Waals surface area contributed by atoms with Crippen molar-refractivity contribution >= 4 is 58.5 Å². The van der Waals surface area contributed by atoms with Crippen LogP contribution >= 0.6 is 35.0 Å². The summed E-state index contributed by atoms with van der Waals surface area (Å²) in [5.41, 5.74) is 0.560. The molecule has 9 heteroatoms. The molecule has 3 rings (SSSR count). The number of hydrogen-bond acceptors (Lipinski definition) is 6. The number of Topliss-reactive ketones (excluding diaryl/α,β-unsaturated/α-hetero) is 1. The maximum absolute atomic E-state index is 12.9. The third kappa shape index (κ3) is 4.53. The van der Waals surface area contributed by atoms with Crippen molar-refractivity contribution in [2.24, 2.45) is 0 Å². The van der Waals surface area contributed by atoms with Crippen LogP contribution in [0.4, 0.5) is 0 Å². The number of carbonyl (C=O) groups is 4. The Morgan fingerprint density at radius 3 is 2.13 bits per heavy atom. The molecular formula is C21H17Cl2NO5S. The lowest BCUT2D eigenvalue weighted by molar-refractivity contribution is -0.147. The van der Waals surface area contributed by atoms with Crippen molar-refractivity contribution < 1.29 is 23.9 Å². The van der Waals surface area contributed by atoms with Crippen molar-refractivity contribution in [2.75, 3.05) is 18.6 Å². The number of imide groups is 1. The van der Waals surface area contributed by atoms with Crippen molar-refractivity contribution in [1.82, 2.24) is 4.90 Å². The first-order chi connectivity index (χ1) is 14.3. The van der Waals surface area contributed by atoms with Gasteiger partial charge >= 0.3 is 5.97 Å². The zero-order valence-corrected chi connectivity index (χ0v) is 18.2. The first-order valence-corrected chi connectivity index (χ1v) is 11.1. The molecule has 0 aromatic heterocycles. The predicted octanol–water partition coefficient (Wildman–Crippen LogP) is 4.14. The highest BCUT2D eigenvalue weighted by atomic mass is 35.5. The maximum atomic E-state index is 12.9. The van der Waals surface area contributed by atoms with E-state index in [1.807, 2.05) is 6.26 Å². The summed E-state index contributed by atoms with van der Waals surface area (Å²) in [4.78, 5) is 51.6. The van der Waals surface area contributed by atoms with E-state index in [-0.39, 0.29) is 33.4 Å². The average molecular weight is 466 g/mol. The molecule has 0 N–H and O–H groups in total. The van der Waals surface area contributed by atoms with Crippen molar-refractivity contribution in [3.8, 4) is 0 Å². The molecule has 0 bridgehead atoms. The fourth-order valence-electron chi connectivity index (χ4n) is 3.06. The lowest BCUT2D eigenvalue weighted by Crippen LogP contribution is -2.46. The lowest BCUT2D eigenvalue weighted by atomic mass is 10.1. The minimum Gasteiger partial charge on any atom is -0.456 e. The van der Waals surface area contributed by atoms with E-state index in [2.05, 4.69) is 0 Å². The van der Waals surface area contributed by atoms with E-state index in [9.17, 15) is 19.2 Å². The Morgan fingerprint density at radius 1 is 1.03 bits per heavy atom. The van der Waals surface area contributed by atoms with Gasteiger partial charge in [0.15, 0.2) is 12.4 Å². The second kappa shape index (κ2) is 9.64. The normalized spacial score (nSPS) is 13.9. The van der Waals surface area contributed by atoms with E-state index >= 15 is 0 Å². The van der Waals surface area contributed by atoms with Gasteiger partial charge in [0.25, 0.3) is 11.8 Å². The SMILES string of the molecule is CSCCC(C(=O)OCC(=O)c1ccccc1)N1C(=O)c2cc(Cl)c(Cl)cc2C1=O. The highest BCUT2D eigenvalue weighted by Crippen LogP contribution is 2.33. The molecule has 6 nitrogen and oxygen atoms in total. The molecular weight excluding hydrogens is 449 g/mol. The number of nitrogens with zero attached hydrogens (tertiary/aromatic N) is 1. The summed E-state index contributed by atoms with van der Waals surface area (Å²) in [7, 11) is 0. The summed E-state index contributed by atoms with van der Waals surface area (Å²) in [5.74, 6) is -1.99. The van der Waals surface area contributed by atoms with Crippen LogP contribution < -0.4 is 0 Å². The molecule has 30 heavy (non-hydrogen) atoms. The molecule has 1 unspecified atom stereocenters. The summed E-state index contributed by atoms with van der Waals surface area (Å²) in [6.07, 6.45) is 2.02. The fraction of sp³-hybridized carbons (Fsp3) is 0.238. The lowest BCUT2D eigenvalue weighted by Gasteiger charge is -2.24. The number of hydrogen-bond donors (Lipinski definition) is 0. The summed E-state index contributed by atoms with van der Waals surface area (Å²) in [6, 6.07) is 9.85. The van der Waals surface area contributed by atoms with Gasteiger partial charge in [0.2, 0.25) is 0 Å². The number of ether oxygens (including phenoxy) is 1. The van der Waals surface area contributed by atoms with E-state index in [4.69, 9.17) is 27.9 Å². The Morgan fingerprint density at radius 2 is 1.60 bits per heavy atom. The van der Waals surface area contributed by atoms with Gasteiger partial charge in [0.05, 0.1) is 21.2 Å². The molecule has 2 aromatic carbocycles. The van der Waals surface area contributed by atoms with Crippen LogP contribution in [0.25, 0.3) is 0 Å². The monoisotopic (exact) mass is 465 g/mol. The number of rotatable bonds is 8. The van der Waals surface area contributed by atoms with Crippen LogP contribution in [0.5, 0.6) is 0 Å². The molecule has 2 aromatic rings. The summed E-state index contributed by atoms with van der Waals surface area (Å²) in [5, 5.41) is 0.269. The first-order valence-electron chi connectivity index (χ1n) is 8.96. The number of halogens is 2. The minimum atomic E-state index is -1.16. The quantitative estimate of drug-likeness (QED) is 0.331. The van der Waals surface area contributed by atoms with Gasteiger partial charge in [-0.05, 0) is 30.6 Å². The van der Waals surface area contributed by atoms with Gasteiger partial charge in [-0.25, -0.2) is 4.79 Å². The van der Waals surface area contributed by atoms with Crippen LogP contribution in [-0.4, -0.2) is 53.1 Å². The Bertz CT molecular complexity index is 971. The molecule has 0 aliphatic carbocycles. The van der Waals surface area contributed by atoms with Gasteiger partial charge < -0.3 is 4.74 Å². The molecule has 1 aliphatic heterocycles. The van der Waals surface area contributed by atoms with Gasteiger partial charge in [-0.2, -0.15) is 11.8 Å². The summed E-state index contributed by atoms with van der Waals surface area (Å²) < 4.78 is 5.18. The second-order valence-electron chi connectivity index (χ2n) is 6.49. The van der Waals surface area contributed by atoms with E-state index in [1.165, 1.54) is 23.9 Å². The first kappa shape index (κ1) is 22.3. The molecule has 2 amide bonds. The third-order valence-electron chi connectivity index (χ3n) is 4.58. The number of esters is 1. The molecule has 0 saturated carbocycles. The number of ketones is 1. The van der Waals surface area contributed by atoms with E-state index < -0.39 is 30.4 Å². The Kier molecular flexibility index (Phi) is 7.18. The number of benzene rings is 2. The Balaban J connectivity index is 1.80. The molecule has 0 fully saturated rings.